The third-order valence-corrected chi connectivity index (χ3v) is 4.93. The van der Waals surface area contributed by atoms with Crippen LogP contribution in [-0.2, 0) is 17.6 Å². The summed E-state index contributed by atoms with van der Waals surface area (Å²) in [5, 5.41) is 0.597. The van der Waals surface area contributed by atoms with E-state index in [9.17, 15) is 9.59 Å². The van der Waals surface area contributed by atoms with Crippen molar-refractivity contribution in [2.24, 2.45) is 0 Å². The summed E-state index contributed by atoms with van der Waals surface area (Å²) in [6, 6.07) is 9.12. The van der Waals surface area contributed by atoms with Gasteiger partial charge in [-0.3, -0.25) is 4.79 Å². The highest BCUT2D eigenvalue weighted by molar-refractivity contribution is 7.98. The van der Waals surface area contributed by atoms with Gasteiger partial charge in [-0.2, -0.15) is 0 Å². The van der Waals surface area contributed by atoms with Crippen molar-refractivity contribution in [2.45, 2.75) is 37.3 Å². The molecule has 0 radical (unpaired) electrons. The number of hydrogen-bond donors (Lipinski definition) is 0. The zero-order valence-corrected chi connectivity index (χ0v) is 14.6. The van der Waals surface area contributed by atoms with Crippen LogP contribution in [0.3, 0.4) is 0 Å². The van der Waals surface area contributed by atoms with Gasteiger partial charge in [0, 0.05) is 11.8 Å². The van der Waals surface area contributed by atoms with Crippen LogP contribution in [0.2, 0.25) is 0 Å². The summed E-state index contributed by atoms with van der Waals surface area (Å²) in [5.74, 6) is -0.692. The van der Waals surface area contributed by atoms with Crippen molar-refractivity contribution < 1.29 is 14.3 Å². The molecule has 0 fully saturated rings. The molecule has 0 aliphatic heterocycles. The van der Waals surface area contributed by atoms with E-state index in [1.54, 1.807) is 25.3 Å². The van der Waals surface area contributed by atoms with E-state index in [0.29, 0.717) is 16.2 Å². The van der Waals surface area contributed by atoms with Crippen molar-refractivity contribution in [3.05, 3.63) is 58.8 Å². The van der Waals surface area contributed by atoms with Crippen molar-refractivity contribution in [3.63, 3.8) is 0 Å². The Morgan fingerprint density at radius 3 is 2.79 bits per heavy atom. The molecule has 1 aromatic heterocycles. The topological polar surface area (TPSA) is 56.3 Å². The van der Waals surface area contributed by atoms with Crippen molar-refractivity contribution in [1.82, 2.24) is 4.98 Å². The van der Waals surface area contributed by atoms with Crippen LogP contribution in [0.15, 0.2) is 41.6 Å². The number of ether oxygens (including phenoxy) is 1. The van der Waals surface area contributed by atoms with Gasteiger partial charge in [0.2, 0.25) is 5.78 Å². The number of carbonyl (C=O) groups excluding carboxylic acids is 2. The standard InChI is InChI=1S/C19H19NO3S/c1-12(23-19(22)16-7-4-10-20-18(16)24-2)17(21)15-9-8-13-5-3-6-14(13)11-15/h4,7-12H,3,5-6H2,1-2H3/t12-/m0/s1. The molecule has 3 rings (SSSR count). The number of carbonyl (C=O) groups is 2. The second-order valence-corrected chi connectivity index (χ2v) is 6.60. The number of aryl methyl sites for hydroxylation is 2. The summed E-state index contributed by atoms with van der Waals surface area (Å²) in [7, 11) is 0. The smallest absolute Gasteiger partial charge is 0.341 e. The minimum absolute atomic E-state index is 0.173. The van der Waals surface area contributed by atoms with Crippen molar-refractivity contribution in [3.8, 4) is 0 Å². The van der Waals surface area contributed by atoms with E-state index in [2.05, 4.69) is 4.98 Å². The summed E-state index contributed by atoms with van der Waals surface area (Å²) in [6.07, 6.45) is 5.87. The lowest BCUT2D eigenvalue weighted by atomic mass is 10.0. The van der Waals surface area contributed by atoms with Gasteiger partial charge in [0.25, 0.3) is 0 Å². The number of nitrogens with zero attached hydrogens (tertiary/aromatic N) is 1. The van der Waals surface area contributed by atoms with Crippen LogP contribution in [0, 0.1) is 0 Å². The van der Waals surface area contributed by atoms with Gasteiger partial charge in [0.05, 0.1) is 5.56 Å². The molecule has 0 spiro atoms. The fraction of sp³-hybridized carbons (Fsp3) is 0.316. The van der Waals surface area contributed by atoms with E-state index < -0.39 is 12.1 Å². The van der Waals surface area contributed by atoms with Gasteiger partial charge in [0.15, 0.2) is 6.10 Å². The first-order valence-corrected chi connectivity index (χ1v) is 9.18. The number of ketones is 1. The van der Waals surface area contributed by atoms with Crippen molar-refractivity contribution >= 4 is 23.5 Å². The molecule has 0 unspecified atom stereocenters. The molecule has 4 nitrogen and oxygen atoms in total. The zero-order chi connectivity index (χ0) is 17.1. The normalized spacial score (nSPS) is 14.1. The summed E-state index contributed by atoms with van der Waals surface area (Å²) < 4.78 is 5.37. The van der Waals surface area contributed by atoms with Gasteiger partial charge in [-0.15, -0.1) is 11.8 Å². The van der Waals surface area contributed by atoms with Crippen LogP contribution in [0.5, 0.6) is 0 Å². The van der Waals surface area contributed by atoms with E-state index in [-0.39, 0.29) is 5.78 Å². The molecule has 0 bridgehead atoms. The number of aromatic nitrogens is 1. The highest BCUT2D eigenvalue weighted by Gasteiger charge is 2.23. The summed E-state index contributed by atoms with van der Waals surface area (Å²) in [4.78, 5) is 29.0. The quantitative estimate of drug-likeness (QED) is 0.471. The second-order valence-electron chi connectivity index (χ2n) is 5.81. The predicted octanol–water partition coefficient (Wildman–Crippen LogP) is 3.72. The van der Waals surface area contributed by atoms with Crippen LogP contribution in [0.4, 0.5) is 0 Å². The average Bonchev–Trinajstić information content (AvgIpc) is 3.08. The number of esters is 1. The Morgan fingerprint density at radius 1 is 1.21 bits per heavy atom. The average molecular weight is 341 g/mol. The molecule has 1 aliphatic rings. The molecule has 5 heteroatoms. The predicted molar refractivity (Wildman–Crippen MR) is 93.7 cm³/mol. The Morgan fingerprint density at radius 2 is 2.00 bits per heavy atom. The number of rotatable bonds is 5. The lowest BCUT2D eigenvalue weighted by Gasteiger charge is -2.14. The molecule has 24 heavy (non-hydrogen) atoms. The summed E-state index contributed by atoms with van der Waals surface area (Å²) in [6.45, 7) is 1.61. The molecular weight excluding hydrogens is 322 g/mol. The number of fused-ring (bicyclic) bond motifs is 1. The SMILES string of the molecule is CSc1ncccc1C(=O)O[C@@H](C)C(=O)c1ccc2c(c1)CCC2. The first-order chi connectivity index (χ1) is 11.6. The largest absolute Gasteiger partial charge is 0.451 e. The summed E-state index contributed by atoms with van der Waals surface area (Å²) in [5.41, 5.74) is 3.54. The van der Waals surface area contributed by atoms with E-state index in [4.69, 9.17) is 4.74 Å². The van der Waals surface area contributed by atoms with E-state index in [1.807, 2.05) is 24.5 Å². The molecular formula is C19H19NO3S. The van der Waals surface area contributed by atoms with Crippen molar-refractivity contribution in [1.29, 1.82) is 0 Å². The van der Waals surface area contributed by atoms with Crippen LogP contribution < -0.4 is 0 Å². The lowest BCUT2D eigenvalue weighted by Crippen LogP contribution is -2.25. The molecule has 1 heterocycles. The van der Waals surface area contributed by atoms with Crippen LogP contribution in [-0.4, -0.2) is 29.1 Å². The maximum Gasteiger partial charge on any atom is 0.341 e. The van der Waals surface area contributed by atoms with Gasteiger partial charge in [0.1, 0.15) is 5.03 Å². The Labute approximate surface area is 145 Å². The van der Waals surface area contributed by atoms with E-state index in [0.717, 1.165) is 19.3 Å². The van der Waals surface area contributed by atoms with Gasteiger partial charge >= 0.3 is 5.97 Å². The molecule has 1 aromatic carbocycles. The summed E-state index contributed by atoms with van der Waals surface area (Å²) >= 11 is 1.37. The Kier molecular flexibility index (Phi) is 5.00. The Bertz CT molecular complexity index is 788. The fourth-order valence-electron chi connectivity index (χ4n) is 2.95. The molecule has 0 saturated carbocycles. The lowest BCUT2D eigenvalue weighted by molar-refractivity contribution is 0.0314. The van der Waals surface area contributed by atoms with Crippen LogP contribution in [0.1, 0.15) is 45.2 Å². The van der Waals surface area contributed by atoms with Gasteiger partial charge in [-0.25, -0.2) is 9.78 Å². The molecule has 2 aromatic rings. The highest BCUT2D eigenvalue weighted by atomic mass is 32.2. The number of hydrogen-bond acceptors (Lipinski definition) is 5. The first-order valence-electron chi connectivity index (χ1n) is 7.96. The Hall–Kier alpha value is -2.14. The fourth-order valence-corrected chi connectivity index (χ4v) is 3.48. The third kappa shape index (κ3) is 3.36. The first kappa shape index (κ1) is 16.7. The number of benzene rings is 1. The maximum atomic E-state index is 12.6. The molecule has 0 amide bonds. The van der Waals surface area contributed by atoms with E-state index in [1.165, 1.54) is 22.9 Å². The minimum atomic E-state index is -0.827. The monoisotopic (exact) mass is 341 g/mol. The zero-order valence-electron chi connectivity index (χ0n) is 13.7. The molecule has 1 atom stereocenters. The van der Waals surface area contributed by atoms with Crippen LogP contribution >= 0.6 is 11.8 Å². The number of thioether (sulfide) groups is 1. The molecule has 1 aliphatic carbocycles. The van der Waals surface area contributed by atoms with Crippen LogP contribution in [0.25, 0.3) is 0 Å². The maximum absolute atomic E-state index is 12.6. The van der Waals surface area contributed by atoms with Gasteiger partial charge < -0.3 is 4.74 Å². The van der Waals surface area contributed by atoms with Crippen molar-refractivity contribution in [2.75, 3.05) is 6.26 Å². The van der Waals surface area contributed by atoms with Gasteiger partial charge in [-0.05, 0) is 61.8 Å². The molecule has 0 N–H and O–H groups in total. The number of Topliss-reactive ketones (excluding diaryl/α,β-unsaturated/α-hetero) is 1. The Balaban J connectivity index is 1.73. The second kappa shape index (κ2) is 7.18. The molecule has 0 saturated heterocycles. The van der Waals surface area contributed by atoms with Gasteiger partial charge in [-0.1, -0.05) is 12.1 Å². The van der Waals surface area contributed by atoms with E-state index >= 15 is 0 Å². The third-order valence-electron chi connectivity index (χ3n) is 4.22. The molecule has 124 valence electrons. The highest BCUT2D eigenvalue weighted by Crippen LogP contribution is 2.24. The number of pyridine rings is 1. The minimum Gasteiger partial charge on any atom is -0.451 e.